The third-order valence-corrected chi connectivity index (χ3v) is 7.38. The van der Waals surface area contributed by atoms with E-state index in [1.807, 2.05) is 19.1 Å². The highest BCUT2D eigenvalue weighted by atomic mass is 32.2. The van der Waals surface area contributed by atoms with E-state index in [0.29, 0.717) is 5.69 Å². The molecule has 42 heavy (non-hydrogen) atoms. The highest BCUT2D eigenvalue weighted by Crippen LogP contribution is 2.39. The number of nitrogens with one attached hydrogen (secondary N) is 1. The van der Waals surface area contributed by atoms with Crippen LogP contribution in [0.25, 0.3) is 5.69 Å². The van der Waals surface area contributed by atoms with Gasteiger partial charge >= 0.3 is 0 Å². The first-order chi connectivity index (χ1) is 19.8. The van der Waals surface area contributed by atoms with Crippen LogP contribution in [0.15, 0.2) is 101 Å². The molecular weight excluding hydrogens is 590 g/mol. The van der Waals surface area contributed by atoms with Crippen molar-refractivity contribution >= 4 is 55.1 Å². The number of methoxy groups -OCH3 is 1. The molecule has 15 nitrogen and oxygen atoms in total. The number of hydrogen-bond donors (Lipinski definition) is 3. The number of azo groups is 2. The fourth-order valence-electron chi connectivity index (χ4n) is 3.56. The smallest absolute Gasteiger partial charge is 0.299 e. The van der Waals surface area contributed by atoms with Crippen molar-refractivity contribution in [2.75, 3.05) is 7.11 Å². The SMILES string of the molecule is COC=Nc1cc(N=Nc2c(C)[nH]n(-c3ccc(S(=O)(=O)O)cc3)c2=O)c(S(=O)(=O)O)cc1N=Nc1ccc(C)cc1. The Morgan fingerprint density at radius 3 is 2.05 bits per heavy atom. The summed E-state index contributed by atoms with van der Waals surface area (Å²) in [6.45, 7) is 3.41. The highest BCUT2D eigenvalue weighted by molar-refractivity contribution is 7.86. The summed E-state index contributed by atoms with van der Waals surface area (Å²) in [6.07, 6.45) is 1.07. The average molecular weight is 614 g/mol. The second kappa shape index (κ2) is 12.0. The molecule has 4 rings (SSSR count). The summed E-state index contributed by atoms with van der Waals surface area (Å²) >= 11 is 0. The lowest BCUT2D eigenvalue weighted by atomic mass is 10.2. The maximum Gasteiger partial charge on any atom is 0.299 e. The van der Waals surface area contributed by atoms with Crippen LogP contribution >= 0.6 is 0 Å². The first-order valence-corrected chi connectivity index (χ1v) is 14.7. The van der Waals surface area contributed by atoms with Crippen molar-refractivity contribution in [3.8, 4) is 5.69 Å². The minimum atomic E-state index is -4.86. The zero-order valence-electron chi connectivity index (χ0n) is 22.2. The fourth-order valence-corrected chi connectivity index (χ4v) is 4.66. The van der Waals surface area contributed by atoms with Crippen LogP contribution in [0.5, 0.6) is 0 Å². The molecule has 0 radical (unpaired) electrons. The molecule has 0 unspecified atom stereocenters. The van der Waals surface area contributed by atoms with Crippen LogP contribution in [0, 0.1) is 13.8 Å². The van der Waals surface area contributed by atoms with Gasteiger partial charge in [0.25, 0.3) is 25.8 Å². The fraction of sp³-hybridized carbons (Fsp3) is 0.120. The van der Waals surface area contributed by atoms with Gasteiger partial charge in [-0.1, -0.05) is 17.7 Å². The lowest BCUT2D eigenvalue weighted by Crippen LogP contribution is -2.14. The first-order valence-electron chi connectivity index (χ1n) is 11.8. The minimum absolute atomic E-state index is 0.0380. The molecule has 0 aliphatic rings. The second-order valence-corrected chi connectivity index (χ2v) is 11.5. The largest absolute Gasteiger partial charge is 0.486 e. The predicted molar refractivity (Wildman–Crippen MR) is 152 cm³/mol. The highest BCUT2D eigenvalue weighted by Gasteiger charge is 2.21. The quantitative estimate of drug-likeness (QED) is 0.0956. The maximum absolute atomic E-state index is 13.1. The predicted octanol–water partition coefficient (Wildman–Crippen LogP) is 5.41. The van der Waals surface area contributed by atoms with E-state index in [4.69, 9.17) is 9.29 Å². The monoisotopic (exact) mass is 613 g/mol. The van der Waals surface area contributed by atoms with Gasteiger partial charge in [-0.3, -0.25) is 19.0 Å². The van der Waals surface area contributed by atoms with Gasteiger partial charge in [0, 0.05) is 0 Å². The van der Waals surface area contributed by atoms with Crippen molar-refractivity contribution in [3.05, 3.63) is 82.3 Å². The van der Waals surface area contributed by atoms with Gasteiger partial charge in [0.1, 0.15) is 16.3 Å². The van der Waals surface area contributed by atoms with Crippen molar-refractivity contribution in [2.24, 2.45) is 25.4 Å². The van der Waals surface area contributed by atoms with Crippen molar-refractivity contribution in [2.45, 2.75) is 23.6 Å². The molecule has 17 heteroatoms. The van der Waals surface area contributed by atoms with Crippen molar-refractivity contribution < 1.29 is 30.7 Å². The Kier molecular flexibility index (Phi) is 8.57. The Morgan fingerprint density at radius 1 is 0.810 bits per heavy atom. The van der Waals surface area contributed by atoms with Gasteiger partial charge in [0.15, 0.2) is 12.1 Å². The number of ether oxygens (including phenoxy) is 1. The Balaban J connectivity index is 1.78. The summed E-state index contributed by atoms with van der Waals surface area (Å²) in [5, 5.41) is 18.7. The molecule has 0 saturated heterocycles. The standard InChI is InChI=1S/C25H23N7O8S2/c1-15-4-6-17(7-5-15)27-28-21-13-23(42(37,38)39)22(12-20(21)26-14-40-3)29-30-24-16(2)31-32(25(24)33)18-8-10-19(11-9-18)41(34,35)36/h4-14,31H,1-3H3,(H,34,35,36)(H,37,38,39). The molecule has 4 aromatic rings. The molecule has 0 bridgehead atoms. The zero-order chi connectivity index (χ0) is 30.7. The number of aliphatic imine (C=N–C) groups is 1. The Morgan fingerprint density at radius 2 is 1.45 bits per heavy atom. The van der Waals surface area contributed by atoms with Gasteiger partial charge in [0.2, 0.25) is 0 Å². The molecule has 0 fully saturated rings. The van der Waals surface area contributed by atoms with E-state index in [2.05, 4.69) is 30.5 Å². The molecule has 1 heterocycles. The molecule has 0 aliphatic carbocycles. The van der Waals surface area contributed by atoms with Crippen LogP contribution < -0.4 is 5.56 Å². The van der Waals surface area contributed by atoms with Crippen LogP contribution in [0.4, 0.5) is 28.4 Å². The van der Waals surface area contributed by atoms with Crippen molar-refractivity contribution in [1.82, 2.24) is 9.78 Å². The molecule has 218 valence electrons. The van der Waals surface area contributed by atoms with E-state index in [1.54, 1.807) is 12.1 Å². The Bertz CT molecular complexity index is 1990. The normalized spacial score (nSPS) is 12.6. The number of H-pyrrole nitrogens is 1. The number of aromatic nitrogens is 2. The lowest BCUT2D eigenvalue weighted by Gasteiger charge is -2.06. The van der Waals surface area contributed by atoms with E-state index in [0.717, 1.165) is 34.8 Å². The molecule has 0 amide bonds. The third kappa shape index (κ3) is 6.89. The summed E-state index contributed by atoms with van der Waals surface area (Å²) in [4.78, 5) is 16.1. The van der Waals surface area contributed by atoms with Crippen LogP contribution in [0.2, 0.25) is 0 Å². The van der Waals surface area contributed by atoms with E-state index >= 15 is 0 Å². The molecule has 0 aliphatic heterocycles. The number of benzene rings is 3. The van der Waals surface area contributed by atoms with Gasteiger partial charge in [-0.05, 0) is 62.4 Å². The molecule has 3 aromatic carbocycles. The third-order valence-electron chi connectivity index (χ3n) is 5.63. The van der Waals surface area contributed by atoms with Crippen LogP contribution in [0.1, 0.15) is 11.3 Å². The van der Waals surface area contributed by atoms with Gasteiger partial charge < -0.3 is 4.74 Å². The van der Waals surface area contributed by atoms with Crippen molar-refractivity contribution in [3.63, 3.8) is 0 Å². The van der Waals surface area contributed by atoms with E-state index in [9.17, 15) is 26.2 Å². The van der Waals surface area contributed by atoms with Gasteiger partial charge in [0.05, 0.1) is 34.8 Å². The number of aromatic amines is 1. The number of hydrogen-bond acceptors (Lipinski definition) is 11. The topological polar surface area (TPSA) is 218 Å². The van der Waals surface area contributed by atoms with E-state index < -0.39 is 30.7 Å². The molecule has 1 aromatic heterocycles. The van der Waals surface area contributed by atoms with Gasteiger partial charge in [-0.15, -0.1) is 15.3 Å². The summed E-state index contributed by atoms with van der Waals surface area (Å²) in [5.74, 6) is 0. The average Bonchev–Trinajstić information content (AvgIpc) is 3.22. The number of aryl methyl sites for hydroxylation is 2. The van der Waals surface area contributed by atoms with Crippen molar-refractivity contribution in [1.29, 1.82) is 0 Å². The van der Waals surface area contributed by atoms with Gasteiger partial charge in [-0.2, -0.15) is 21.9 Å². The second-order valence-electron chi connectivity index (χ2n) is 8.68. The summed E-state index contributed by atoms with van der Waals surface area (Å²) in [7, 11) is -7.95. The number of rotatable bonds is 9. The molecule has 3 N–H and O–H groups in total. The Labute approximate surface area is 239 Å². The van der Waals surface area contributed by atoms with Crippen LogP contribution in [-0.4, -0.2) is 49.2 Å². The molecular formula is C25H23N7O8S2. The number of nitrogens with zero attached hydrogens (tertiary/aromatic N) is 6. The van der Waals surface area contributed by atoms with E-state index in [-0.39, 0.29) is 39.0 Å². The lowest BCUT2D eigenvalue weighted by molar-refractivity contribution is 0.423. The molecule has 0 atom stereocenters. The Hall–Kier alpha value is -4.84. The summed E-state index contributed by atoms with van der Waals surface area (Å²) in [5.41, 5.74) is 0.686. The first kappa shape index (κ1) is 30.1. The molecule has 0 saturated carbocycles. The maximum atomic E-state index is 13.1. The van der Waals surface area contributed by atoms with Gasteiger partial charge in [-0.25, -0.2) is 9.67 Å². The molecule has 0 spiro atoms. The van der Waals surface area contributed by atoms with E-state index in [1.165, 1.54) is 32.2 Å². The zero-order valence-corrected chi connectivity index (χ0v) is 23.8. The van der Waals surface area contributed by atoms with Crippen LogP contribution in [-0.2, 0) is 25.0 Å². The summed E-state index contributed by atoms with van der Waals surface area (Å²) in [6, 6.07) is 14.0. The minimum Gasteiger partial charge on any atom is -0.486 e. The van der Waals surface area contributed by atoms with Crippen LogP contribution in [0.3, 0.4) is 0 Å². The summed E-state index contributed by atoms with van der Waals surface area (Å²) < 4.78 is 72.1.